The first-order chi connectivity index (χ1) is 9.22. The smallest absolute Gasteiger partial charge is 0.146 e. The highest BCUT2D eigenvalue weighted by atomic mass is 35.5. The molecular weight excluding hydrogens is 260 g/mol. The van der Waals surface area contributed by atoms with Gasteiger partial charge in [-0.15, -0.1) is 0 Å². The Bertz CT molecular complexity index is 721. The molecule has 3 nitrogen and oxygen atoms in total. The number of halogens is 1. The summed E-state index contributed by atoms with van der Waals surface area (Å²) in [5.41, 5.74) is 2.94. The number of para-hydroxylation sites is 1. The SMILES string of the molecule is Cc1ccccc1OCc1nc2ccc(Cl)cc2[nH]1. The standard InChI is InChI=1S/C15H13ClN2O/c1-10-4-2-3-5-14(10)19-9-15-17-12-7-6-11(16)8-13(12)18-15/h2-8H,9H2,1H3,(H,17,18). The van der Waals surface area contributed by atoms with Crippen molar-refractivity contribution < 1.29 is 4.74 Å². The van der Waals surface area contributed by atoms with Gasteiger partial charge in [-0.25, -0.2) is 4.98 Å². The highest BCUT2D eigenvalue weighted by Gasteiger charge is 2.05. The first kappa shape index (κ1) is 12.1. The summed E-state index contributed by atoms with van der Waals surface area (Å²) in [6.45, 7) is 2.44. The van der Waals surface area contributed by atoms with Crippen molar-refractivity contribution in [1.29, 1.82) is 0 Å². The Morgan fingerprint density at radius 2 is 2.05 bits per heavy atom. The first-order valence-electron chi connectivity index (χ1n) is 6.05. The molecule has 1 N–H and O–H groups in total. The van der Waals surface area contributed by atoms with Crippen LogP contribution in [0.1, 0.15) is 11.4 Å². The maximum atomic E-state index is 5.94. The van der Waals surface area contributed by atoms with E-state index >= 15 is 0 Å². The van der Waals surface area contributed by atoms with Crippen LogP contribution in [0, 0.1) is 6.92 Å². The number of hydrogen-bond acceptors (Lipinski definition) is 2. The number of aryl methyl sites for hydroxylation is 1. The van der Waals surface area contributed by atoms with Crippen molar-refractivity contribution in [2.75, 3.05) is 0 Å². The molecule has 19 heavy (non-hydrogen) atoms. The van der Waals surface area contributed by atoms with Crippen molar-refractivity contribution in [2.45, 2.75) is 13.5 Å². The maximum absolute atomic E-state index is 5.94. The van der Waals surface area contributed by atoms with Crippen molar-refractivity contribution in [3.05, 3.63) is 58.9 Å². The molecule has 96 valence electrons. The molecule has 0 radical (unpaired) electrons. The number of nitrogens with one attached hydrogen (secondary N) is 1. The number of ether oxygens (including phenoxy) is 1. The molecule has 0 fully saturated rings. The zero-order valence-corrected chi connectivity index (χ0v) is 11.2. The van der Waals surface area contributed by atoms with E-state index in [1.165, 1.54) is 0 Å². The number of rotatable bonds is 3. The fraction of sp³-hybridized carbons (Fsp3) is 0.133. The molecule has 0 bridgehead atoms. The Morgan fingerprint density at radius 1 is 1.21 bits per heavy atom. The molecule has 0 aliphatic rings. The van der Waals surface area contributed by atoms with Gasteiger partial charge in [0.1, 0.15) is 18.2 Å². The van der Waals surface area contributed by atoms with E-state index < -0.39 is 0 Å². The predicted molar refractivity (Wildman–Crippen MR) is 76.6 cm³/mol. The number of aromatic nitrogens is 2. The Labute approximate surface area is 116 Å². The Kier molecular flexibility index (Phi) is 3.13. The van der Waals surface area contributed by atoms with Crippen molar-refractivity contribution in [3.63, 3.8) is 0 Å². The molecule has 0 saturated heterocycles. The molecule has 1 heterocycles. The van der Waals surface area contributed by atoms with Crippen LogP contribution in [0.25, 0.3) is 11.0 Å². The summed E-state index contributed by atoms with van der Waals surface area (Å²) in [7, 11) is 0. The molecule has 0 aliphatic heterocycles. The predicted octanol–water partition coefficient (Wildman–Crippen LogP) is 4.10. The third-order valence-corrected chi connectivity index (χ3v) is 3.19. The normalized spacial score (nSPS) is 10.8. The van der Waals surface area contributed by atoms with Gasteiger partial charge < -0.3 is 9.72 Å². The molecule has 4 heteroatoms. The second kappa shape index (κ2) is 4.94. The Hall–Kier alpha value is -2.00. The monoisotopic (exact) mass is 272 g/mol. The number of fused-ring (bicyclic) bond motifs is 1. The first-order valence-corrected chi connectivity index (χ1v) is 6.43. The van der Waals surface area contributed by atoms with E-state index in [1.807, 2.05) is 49.4 Å². The van der Waals surface area contributed by atoms with E-state index in [0.717, 1.165) is 28.2 Å². The van der Waals surface area contributed by atoms with E-state index in [-0.39, 0.29) is 0 Å². The van der Waals surface area contributed by atoms with Crippen LogP contribution in [0.2, 0.25) is 5.02 Å². The van der Waals surface area contributed by atoms with Crippen LogP contribution in [0.5, 0.6) is 5.75 Å². The van der Waals surface area contributed by atoms with Gasteiger partial charge in [-0.2, -0.15) is 0 Å². The molecule has 3 rings (SSSR count). The molecule has 0 saturated carbocycles. The Balaban J connectivity index is 1.80. The van der Waals surface area contributed by atoms with Gasteiger partial charge in [0.25, 0.3) is 0 Å². The summed E-state index contributed by atoms with van der Waals surface area (Å²) in [5, 5.41) is 0.697. The number of aromatic amines is 1. The summed E-state index contributed by atoms with van der Waals surface area (Å²) in [4.78, 5) is 7.66. The number of H-pyrrole nitrogens is 1. The lowest BCUT2D eigenvalue weighted by Crippen LogP contribution is -1.98. The average Bonchev–Trinajstić information content (AvgIpc) is 2.79. The molecule has 0 unspecified atom stereocenters. The fourth-order valence-electron chi connectivity index (χ4n) is 1.97. The van der Waals surface area contributed by atoms with Gasteiger partial charge in [0.2, 0.25) is 0 Å². The minimum atomic E-state index is 0.414. The van der Waals surface area contributed by atoms with Crippen molar-refractivity contribution >= 4 is 22.6 Å². The molecule has 3 aromatic rings. The zero-order chi connectivity index (χ0) is 13.2. The summed E-state index contributed by atoms with van der Waals surface area (Å²) in [5.74, 6) is 1.67. The van der Waals surface area contributed by atoms with Gasteiger partial charge in [-0.05, 0) is 36.8 Å². The number of benzene rings is 2. The minimum absolute atomic E-state index is 0.414. The van der Waals surface area contributed by atoms with Gasteiger partial charge in [-0.1, -0.05) is 29.8 Å². The third-order valence-electron chi connectivity index (χ3n) is 2.95. The van der Waals surface area contributed by atoms with E-state index in [1.54, 1.807) is 0 Å². The lowest BCUT2D eigenvalue weighted by atomic mass is 10.2. The van der Waals surface area contributed by atoms with Crippen LogP contribution in [0.15, 0.2) is 42.5 Å². The van der Waals surface area contributed by atoms with Gasteiger partial charge in [0.05, 0.1) is 11.0 Å². The maximum Gasteiger partial charge on any atom is 0.146 e. The Morgan fingerprint density at radius 3 is 2.89 bits per heavy atom. The van der Waals surface area contributed by atoms with Gasteiger partial charge >= 0.3 is 0 Å². The van der Waals surface area contributed by atoms with Crippen LogP contribution in [0.4, 0.5) is 0 Å². The molecular formula is C15H13ClN2O. The van der Waals surface area contributed by atoms with Gasteiger partial charge in [-0.3, -0.25) is 0 Å². The van der Waals surface area contributed by atoms with Gasteiger partial charge in [0.15, 0.2) is 0 Å². The van der Waals surface area contributed by atoms with E-state index in [2.05, 4.69) is 9.97 Å². The second-order valence-electron chi connectivity index (χ2n) is 4.40. The molecule has 0 atom stereocenters. The zero-order valence-electron chi connectivity index (χ0n) is 10.5. The van der Waals surface area contributed by atoms with Crippen LogP contribution in [0.3, 0.4) is 0 Å². The lowest BCUT2D eigenvalue weighted by Gasteiger charge is -2.06. The number of imidazole rings is 1. The van der Waals surface area contributed by atoms with Crippen molar-refractivity contribution in [2.24, 2.45) is 0 Å². The summed E-state index contributed by atoms with van der Waals surface area (Å²) in [6.07, 6.45) is 0. The molecule has 1 aromatic heterocycles. The van der Waals surface area contributed by atoms with E-state index in [4.69, 9.17) is 16.3 Å². The largest absolute Gasteiger partial charge is 0.485 e. The second-order valence-corrected chi connectivity index (χ2v) is 4.84. The fourth-order valence-corrected chi connectivity index (χ4v) is 2.14. The number of nitrogens with zero attached hydrogens (tertiary/aromatic N) is 1. The van der Waals surface area contributed by atoms with E-state index in [0.29, 0.717) is 11.6 Å². The van der Waals surface area contributed by atoms with Crippen LogP contribution in [-0.4, -0.2) is 9.97 Å². The molecule has 0 aliphatic carbocycles. The summed E-state index contributed by atoms with van der Waals surface area (Å²) >= 11 is 5.94. The topological polar surface area (TPSA) is 37.9 Å². The quantitative estimate of drug-likeness (QED) is 0.779. The summed E-state index contributed by atoms with van der Waals surface area (Å²) < 4.78 is 5.76. The molecule has 2 aromatic carbocycles. The highest BCUT2D eigenvalue weighted by Crippen LogP contribution is 2.20. The van der Waals surface area contributed by atoms with Crippen LogP contribution in [-0.2, 0) is 6.61 Å². The lowest BCUT2D eigenvalue weighted by molar-refractivity contribution is 0.295. The third kappa shape index (κ3) is 2.56. The summed E-state index contributed by atoms with van der Waals surface area (Å²) in [6, 6.07) is 13.5. The average molecular weight is 273 g/mol. The van der Waals surface area contributed by atoms with Crippen LogP contribution < -0.4 is 4.74 Å². The van der Waals surface area contributed by atoms with Crippen molar-refractivity contribution in [3.8, 4) is 5.75 Å². The van der Waals surface area contributed by atoms with Crippen molar-refractivity contribution in [1.82, 2.24) is 9.97 Å². The molecule has 0 spiro atoms. The number of hydrogen-bond donors (Lipinski definition) is 1. The van der Waals surface area contributed by atoms with E-state index in [9.17, 15) is 0 Å². The highest BCUT2D eigenvalue weighted by molar-refractivity contribution is 6.31. The minimum Gasteiger partial charge on any atom is -0.485 e. The van der Waals surface area contributed by atoms with Gasteiger partial charge in [0, 0.05) is 5.02 Å². The van der Waals surface area contributed by atoms with Crippen LogP contribution >= 0.6 is 11.6 Å². The molecule has 0 amide bonds.